The molecule has 1 aliphatic carbocycles. The molecule has 1 heterocycles. The molecule has 2 heteroatoms. The first-order valence-corrected chi connectivity index (χ1v) is 4.63. The third-order valence-electron chi connectivity index (χ3n) is 2.68. The molecule has 1 aliphatic heterocycles. The Hall–Kier alpha value is 0.440. The molecule has 1 saturated carbocycles. The maximum atomic E-state index is 5.33. The fourth-order valence-electron chi connectivity index (χ4n) is 1.76. The Morgan fingerprint density at radius 1 is 1.67 bits per heavy atom. The van der Waals surface area contributed by atoms with E-state index < -0.39 is 0 Å². The summed E-state index contributed by atoms with van der Waals surface area (Å²) < 4.78 is 5.33. The van der Waals surface area contributed by atoms with E-state index in [4.69, 9.17) is 4.74 Å². The van der Waals surface area contributed by atoms with Crippen molar-refractivity contribution < 1.29 is 4.74 Å². The number of rotatable bonds is 1. The van der Waals surface area contributed by atoms with Crippen LogP contribution in [0.15, 0.2) is 0 Å². The van der Waals surface area contributed by atoms with Crippen molar-refractivity contribution in [2.45, 2.75) is 12.8 Å². The average molecular weight is 191 g/mol. The quantitative estimate of drug-likeness (QED) is 0.574. The Morgan fingerprint density at radius 3 is 3.00 bits per heavy atom. The molecule has 0 aromatic rings. The van der Waals surface area contributed by atoms with Gasteiger partial charge in [-0.15, -0.1) is 0 Å². The summed E-state index contributed by atoms with van der Waals surface area (Å²) in [4.78, 5) is 0. The van der Waals surface area contributed by atoms with Gasteiger partial charge in [0.25, 0.3) is 0 Å². The van der Waals surface area contributed by atoms with Gasteiger partial charge in [0.2, 0.25) is 0 Å². The van der Waals surface area contributed by atoms with Gasteiger partial charge >= 0.3 is 0 Å². The van der Waals surface area contributed by atoms with E-state index in [1.165, 1.54) is 18.2 Å². The third-order valence-corrected chi connectivity index (χ3v) is 3.46. The van der Waals surface area contributed by atoms with Crippen molar-refractivity contribution in [3.63, 3.8) is 0 Å². The predicted molar refractivity (Wildman–Crippen MR) is 39.8 cm³/mol. The zero-order valence-electron chi connectivity index (χ0n) is 5.40. The summed E-state index contributed by atoms with van der Waals surface area (Å²) in [6.07, 6.45) is 2.71. The van der Waals surface area contributed by atoms with E-state index in [1.54, 1.807) is 0 Å². The largest absolute Gasteiger partial charge is 0.381 e. The molecule has 1 saturated heterocycles. The molecule has 0 amide bonds. The van der Waals surface area contributed by atoms with Gasteiger partial charge in [0.15, 0.2) is 0 Å². The monoisotopic (exact) mass is 190 g/mol. The van der Waals surface area contributed by atoms with Crippen molar-refractivity contribution in [2.24, 2.45) is 11.3 Å². The summed E-state index contributed by atoms with van der Waals surface area (Å²) in [7, 11) is 0. The topological polar surface area (TPSA) is 9.23 Å². The molecule has 2 aliphatic rings. The summed E-state index contributed by atoms with van der Waals surface area (Å²) >= 11 is 3.51. The van der Waals surface area contributed by atoms with Crippen LogP contribution in [-0.2, 0) is 4.74 Å². The highest BCUT2D eigenvalue weighted by atomic mass is 79.9. The molecule has 0 unspecified atom stereocenters. The maximum absolute atomic E-state index is 5.33. The molecule has 1 spiro atoms. The smallest absolute Gasteiger partial charge is 0.0526 e. The van der Waals surface area contributed by atoms with Crippen molar-refractivity contribution in [1.82, 2.24) is 0 Å². The molecule has 0 radical (unpaired) electrons. The average Bonchev–Trinajstić information content (AvgIpc) is 2.30. The first-order chi connectivity index (χ1) is 4.37. The van der Waals surface area contributed by atoms with Crippen LogP contribution >= 0.6 is 15.9 Å². The van der Waals surface area contributed by atoms with E-state index in [0.717, 1.165) is 19.1 Å². The Bertz CT molecular complexity index is 118. The second-order valence-electron chi connectivity index (χ2n) is 3.22. The summed E-state index contributed by atoms with van der Waals surface area (Å²) in [5, 5.41) is 1.18. The minimum Gasteiger partial charge on any atom is -0.381 e. The second kappa shape index (κ2) is 1.96. The Kier molecular flexibility index (Phi) is 1.34. The minimum atomic E-state index is 0.642. The standard InChI is InChI=1S/C7H11BrO/c8-4-6-3-7(6)1-2-9-5-7/h6H,1-5H2/t6-,7+/m1/s1. The lowest BCUT2D eigenvalue weighted by Gasteiger charge is -2.01. The number of halogens is 1. The molecule has 0 aromatic carbocycles. The lowest BCUT2D eigenvalue weighted by atomic mass is 10.0. The summed E-state index contributed by atoms with van der Waals surface area (Å²) in [5.74, 6) is 0.931. The van der Waals surface area contributed by atoms with Crippen LogP contribution in [0.4, 0.5) is 0 Å². The van der Waals surface area contributed by atoms with Crippen LogP contribution in [0.2, 0.25) is 0 Å². The van der Waals surface area contributed by atoms with Crippen LogP contribution in [0, 0.1) is 11.3 Å². The van der Waals surface area contributed by atoms with Gasteiger partial charge in [-0.3, -0.25) is 0 Å². The van der Waals surface area contributed by atoms with Gasteiger partial charge in [-0.05, 0) is 24.2 Å². The van der Waals surface area contributed by atoms with E-state index >= 15 is 0 Å². The van der Waals surface area contributed by atoms with Crippen LogP contribution in [0.5, 0.6) is 0 Å². The number of hydrogen-bond acceptors (Lipinski definition) is 1. The Labute approximate surface area is 63.9 Å². The first-order valence-electron chi connectivity index (χ1n) is 3.51. The van der Waals surface area contributed by atoms with E-state index in [1.807, 2.05) is 0 Å². The van der Waals surface area contributed by atoms with Crippen molar-refractivity contribution in [3.8, 4) is 0 Å². The SMILES string of the molecule is BrC[C@H]1C[C@]12CCOC2. The molecule has 9 heavy (non-hydrogen) atoms. The second-order valence-corrected chi connectivity index (χ2v) is 3.87. The van der Waals surface area contributed by atoms with E-state index in [2.05, 4.69) is 15.9 Å². The van der Waals surface area contributed by atoms with Crippen LogP contribution in [0.25, 0.3) is 0 Å². The van der Waals surface area contributed by atoms with Crippen molar-refractivity contribution in [2.75, 3.05) is 18.5 Å². The molecule has 0 N–H and O–H groups in total. The van der Waals surface area contributed by atoms with Gasteiger partial charge in [0.1, 0.15) is 0 Å². The highest BCUT2D eigenvalue weighted by Gasteiger charge is 2.55. The summed E-state index contributed by atoms with van der Waals surface area (Å²) in [6, 6.07) is 0. The molecular weight excluding hydrogens is 180 g/mol. The van der Waals surface area contributed by atoms with Gasteiger partial charge in [0, 0.05) is 11.9 Å². The molecule has 52 valence electrons. The van der Waals surface area contributed by atoms with Crippen molar-refractivity contribution in [3.05, 3.63) is 0 Å². The molecule has 1 nitrogen and oxygen atoms in total. The van der Waals surface area contributed by atoms with Crippen LogP contribution in [0.3, 0.4) is 0 Å². The first kappa shape index (κ1) is 6.17. The molecule has 2 fully saturated rings. The number of ether oxygens (including phenoxy) is 1. The van der Waals surface area contributed by atoms with Crippen molar-refractivity contribution >= 4 is 15.9 Å². The van der Waals surface area contributed by atoms with E-state index in [-0.39, 0.29) is 0 Å². The molecule has 2 rings (SSSR count). The van der Waals surface area contributed by atoms with Crippen molar-refractivity contribution in [1.29, 1.82) is 0 Å². The van der Waals surface area contributed by atoms with Gasteiger partial charge < -0.3 is 4.74 Å². The highest BCUT2D eigenvalue weighted by molar-refractivity contribution is 9.09. The van der Waals surface area contributed by atoms with Crippen LogP contribution < -0.4 is 0 Å². The molecular formula is C7H11BrO. The Morgan fingerprint density at radius 2 is 2.56 bits per heavy atom. The molecule has 2 atom stereocenters. The fraction of sp³-hybridized carbons (Fsp3) is 1.00. The number of alkyl halides is 1. The van der Waals surface area contributed by atoms with E-state index in [9.17, 15) is 0 Å². The van der Waals surface area contributed by atoms with Crippen LogP contribution in [0.1, 0.15) is 12.8 Å². The zero-order valence-corrected chi connectivity index (χ0v) is 6.99. The number of hydrogen-bond donors (Lipinski definition) is 0. The third kappa shape index (κ3) is 0.838. The predicted octanol–water partition coefficient (Wildman–Crippen LogP) is 1.81. The highest BCUT2D eigenvalue weighted by Crippen LogP contribution is 2.58. The molecule has 0 aromatic heterocycles. The van der Waals surface area contributed by atoms with Gasteiger partial charge in [-0.1, -0.05) is 15.9 Å². The molecule has 0 bridgehead atoms. The minimum absolute atomic E-state index is 0.642. The van der Waals surface area contributed by atoms with Crippen LogP contribution in [-0.4, -0.2) is 18.5 Å². The Balaban J connectivity index is 1.97. The zero-order chi connectivity index (χ0) is 6.32. The van der Waals surface area contributed by atoms with Gasteiger partial charge in [-0.2, -0.15) is 0 Å². The summed E-state index contributed by atoms with van der Waals surface area (Å²) in [5.41, 5.74) is 0.642. The lowest BCUT2D eigenvalue weighted by molar-refractivity contribution is 0.179. The lowest BCUT2D eigenvalue weighted by Crippen LogP contribution is -2.02. The van der Waals surface area contributed by atoms with E-state index in [0.29, 0.717) is 5.41 Å². The normalized spacial score (nSPS) is 48.3. The van der Waals surface area contributed by atoms with Gasteiger partial charge in [-0.25, -0.2) is 0 Å². The summed E-state index contributed by atoms with van der Waals surface area (Å²) in [6.45, 7) is 2.03. The maximum Gasteiger partial charge on any atom is 0.0526 e. The van der Waals surface area contributed by atoms with Gasteiger partial charge in [0.05, 0.1) is 6.61 Å². The fourth-order valence-corrected chi connectivity index (χ4v) is 2.67.